The summed E-state index contributed by atoms with van der Waals surface area (Å²) in [5.41, 5.74) is 1.63. The van der Waals surface area contributed by atoms with Crippen LogP contribution in [0.15, 0.2) is 35.7 Å². The molecule has 19 heavy (non-hydrogen) atoms. The molecule has 0 saturated heterocycles. The monoisotopic (exact) mass is 300 g/mol. The number of sulfone groups is 2. The molecule has 1 aliphatic rings. The van der Waals surface area contributed by atoms with Crippen LogP contribution in [-0.4, -0.2) is 28.3 Å². The van der Waals surface area contributed by atoms with Crippen LogP contribution in [0.25, 0.3) is 0 Å². The average molecular weight is 300 g/mol. The summed E-state index contributed by atoms with van der Waals surface area (Å²) in [4.78, 5) is 0. The Bertz CT molecular complexity index is 683. The SMILES string of the molecule is CCc1ccc(C2CS(=O)(=O)CC=CS2(=O)=O)cc1. The minimum atomic E-state index is -3.56. The highest BCUT2D eigenvalue weighted by molar-refractivity contribution is 7.97. The van der Waals surface area contributed by atoms with Crippen molar-refractivity contribution in [3.8, 4) is 0 Å². The lowest BCUT2D eigenvalue weighted by atomic mass is 10.1. The van der Waals surface area contributed by atoms with E-state index in [1.807, 2.05) is 19.1 Å². The second kappa shape index (κ2) is 5.09. The molecule has 104 valence electrons. The Morgan fingerprint density at radius 3 is 2.32 bits per heavy atom. The Balaban J connectivity index is 2.47. The minimum Gasteiger partial charge on any atom is -0.228 e. The highest BCUT2D eigenvalue weighted by atomic mass is 32.2. The number of hydrogen-bond acceptors (Lipinski definition) is 4. The third kappa shape index (κ3) is 3.25. The van der Waals surface area contributed by atoms with Crippen molar-refractivity contribution in [1.29, 1.82) is 0 Å². The molecule has 4 nitrogen and oxygen atoms in total. The first kappa shape index (κ1) is 14.3. The fourth-order valence-corrected chi connectivity index (χ4v) is 5.83. The predicted molar refractivity (Wildman–Crippen MR) is 75.3 cm³/mol. The molecule has 1 heterocycles. The molecule has 0 amide bonds. The van der Waals surface area contributed by atoms with E-state index in [0.29, 0.717) is 5.56 Å². The summed E-state index contributed by atoms with van der Waals surface area (Å²) in [5, 5.41) is 0.0258. The lowest BCUT2D eigenvalue weighted by Gasteiger charge is -2.14. The number of rotatable bonds is 2. The molecule has 2 rings (SSSR count). The molecule has 6 heteroatoms. The van der Waals surface area contributed by atoms with E-state index in [0.717, 1.165) is 17.4 Å². The van der Waals surface area contributed by atoms with E-state index in [1.165, 1.54) is 6.08 Å². The first-order valence-electron chi connectivity index (χ1n) is 6.04. The molecule has 0 radical (unpaired) electrons. The predicted octanol–water partition coefficient (Wildman–Crippen LogP) is 1.65. The van der Waals surface area contributed by atoms with Gasteiger partial charge >= 0.3 is 0 Å². The van der Waals surface area contributed by atoms with E-state index in [9.17, 15) is 16.8 Å². The van der Waals surface area contributed by atoms with Crippen LogP contribution in [0.5, 0.6) is 0 Å². The maximum absolute atomic E-state index is 12.1. The second-order valence-corrected chi connectivity index (χ2v) is 8.79. The summed E-state index contributed by atoms with van der Waals surface area (Å²) in [5.74, 6) is -0.566. The van der Waals surface area contributed by atoms with Gasteiger partial charge < -0.3 is 0 Å². The van der Waals surface area contributed by atoms with Gasteiger partial charge in [0.2, 0.25) is 0 Å². The van der Waals surface area contributed by atoms with E-state index in [1.54, 1.807) is 12.1 Å². The molecule has 1 atom stereocenters. The van der Waals surface area contributed by atoms with Crippen molar-refractivity contribution in [1.82, 2.24) is 0 Å². The molecule has 0 N–H and O–H groups in total. The van der Waals surface area contributed by atoms with E-state index < -0.39 is 24.9 Å². The van der Waals surface area contributed by atoms with Crippen LogP contribution >= 0.6 is 0 Å². The highest BCUT2D eigenvalue weighted by Gasteiger charge is 2.32. The van der Waals surface area contributed by atoms with Crippen molar-refractivity contribution >= 4 is 19.7 Å². The average Bonchev–Trinajstić information content (AvgIpc) is 2.45. The molecular formula is C13H16O4S2. The van der Waals surface area contributed by atoms with Gasteiger partial charge in [0.05, 0.1) is 11.5 Å². The van der Waals surface area contributed by atoms with Crippen LogP contribution in [-0.2, 0) is 26.1 Å². The van der Waals surface area contributed by atoms with Crippen LogP contribution in [0.1, 0.15) is 23.3 Å². The van der Waals surface area contributed by atoms with E-state index >= 15 is 0 Å². The smallest absolute Gasteiger partial charge is 0.179 e. The Hall–Kier alpha value is -1.14. The Labute approximate surface area is 114 Å². The third-order valence-corrected chi connectivity index (χ3v) is 6.75. The van der Waals surface area contributed by atoms with Crippen LogP contribution in [0.3, 0.4) is 0 Å². The van der Waals surface area contributed by atoms with Crippen LogP contribution < -0.4 is 0 Å². The Morgan fingerprint density at radius 1 is 1.11 bits per heavy atom. The summed E-state index contributed by atoms with van der Waals surface area (Å²) < 4.78 is 47.7. The van der Waals surface area contributed by atoms with Gasteiger partial charge in [-0.15, -0.1) is 0 Å². The molecule has 0 aromatic heterocycles. The van der Waals surface area contributed by atoms with E-state index in [2.05, 4.69) is 0 Å². The molecule has 1 aromatic rings. The van der Waals surface area contributed by atoms with E-state index in [4.69, 9.17) is 0 Å². The molecule has 0 spiro atoms. The van der Waals surface area contributed by atoms with Crippen molar-refractivity contribution in [3.63, 3.8) is 0 Å². The van der Waals surface area contributed by atoms with Crippen molar-refractivity contribution in [3.05, 3.63) is 46.9 Å². The van der Waals surface area contributed by atoms with Crippen molar-refractivity contribution in [2.45, 2.75) is 18.6 Å². The summed E-state index contributed by atoms with van der Waals surface area (Å²) in [6, 6.07) is 7.09. The zero-order chi connectivity index (χ0) is 14.1. The normalized spacial score (nSPS) is 24.8. The molecular weight excluding hydrogens is 284 g/mol. The van der Waals surface area contributed by atoms with Crippen molar-refractivity contribution in [2.75, 3.05) is 11.5 Å². The fraction of sp³-hybridized carbons (Fsp3) is 0.385. The van der Waals surface area contributed by atoms with Gasteiger partial charge in [0.15, 0.2) is 19.7 Å². The number of hydrogen-bond donors (Lipinski definition) is 0. The first-order valence-corrected chi connectivity index (χ1v) is 9.47. The van der Waals surface area contributed by atoms with E-state index in [-0.39, 0.29) is 11.5 Å². The number of aryl methyl sites for hydroxylation is 1. The summed E-state index contributed by atoms with van der Waals surface area (Å²) in [7, 11) is -6.93. The minimum absolute atomic E-state index is 0.213. The summed E-state index contributed by atoms with van der Waals surface area (Å²) >= 11 is 0. The molecule has 0 aliphatic carbocycles. The molecule has 0 fully saturated rings. The number of benzene rings is 1. The highest BCUT2D eigenvalue weighted by Crippen LogP contribution is 2.28. The molecule has 1 aliphatic heterocycles. The van der Waals surface area contributed by atoms with Gasteiger partial charge in [0.1, 0.15) is 5.25 Å². The standard InChI is InChI=1S/C13H16O4S2/c1-2-11-4-6-12(7-5-11)13-10-18(14,15)8-3-9-19(13,16)17/h3-7,9,13H,2,8,10H2,1H3. The Kier molecular flexibility index (Phi) is 3.82. The largest absolute Gasteiger partial charge is 0.228 e. The topological polar surface area (TPSA) is 68.3 Å². The van der Waals surface area contributed by atoms with Gasteiger partial charge in [0.25, 0.3) is 0 Å². The molecule has 0 bridgehead atoms. The maximum atomic E-state index is 12.1. The zero-order valence-electron chi connectivity index (χ0n) is 10.6. The van der Waals surface area contributed by atoms with Crippen LogP contribution in [0, 0.1) is 0 Å². The van der Waals surface area contributed by atoms with Crippen LogP contribution in [0.4, 0.5) is 0 Å². The fourth-order valence-electron chi connectivity index (χ4n) is 2.06. The van der Waals surface area contributed by atoms with Gasteiger partial charge in [-0.05, 0) is 17.5 Å². The van der Waals surface area contributed by atoms with Gasteiger partial charge in [-0.25, -0.2) is 16.8 Å². The van der Waals surface area contributed by atoms with Gasteiger partial charge in [-0.3, -0.25) is 0 Å². The van der Waals surface area contributed by atoms with Gasteiger partial charge in [0, 0.05) is 5.41 Å². The third-order valence-electron chi connectivity index (χ3n) is 3.20. The quantitative estimate of drug-likeness (QED) is 0.833. The summed E-state index contributed by atoms with van der Waals surface area (Å²) in [6.07, 6.45) is 2.07. The van der Waals surface area contributed by atoms with Crippen molar-refractivity contribution in [2.24, 2.45) is 0 Å². The maximum Gasteiger partial charge on any atom is 0.179 e. The summed E-state index contributed by atoms with van der Waals surface area (Å²) in [6.45, 7) is 2.00. The molecule has 0 saturated carbocycles. The van der Waals surface area contributed by atoms with Gasteiger partial charge in [-0.2, -0.15) is 0 Å². The lowest BCUT2D eigenvalue weighted by molar-refractivity contribution is 0.584. The van der Waals surface area contributed by atoms with Crippen LogP contribution in [0.2, 0.25) is 0 Å². The molecule has 1 unspecified atom stereocenters. The second-order valence-electron chi connectivity index (χ2n) is 4.62. The zero-order valence-corrected chi connectivity index (χ0v) is 12.2. The molecule has 1 aromatic carbocycles. The van der Waals surface area contributed by atoms with Crippen molar-refractivity contribution < 1.29 is 16.8 Å². The lowest BCUT2D eigenvalue weighted by Crippen LogP contribution is -2.20. The first-order chi connectivity index (χ1) is 8.84. The van der Waals surface area contributed by atoms with Gasteiger partial charge in [-0.1, -0.05) is 37.3 Å². The Morgan fingerprint density at radius 2 is 1.74 bits per heavy atom.